The first-order valence-electron chi connectivity index (χ1n) is 9.49. The van der Waals surface area contributed by atoms with Gasteiger partial charge in [0.05, 0.1) is 5.56 Å². The van der Waals surface area contributed by atoms with E-state index in [2.05, 4.69) is 27.7 Å². The molecule has 5 heteroatoms. The third-order valence-electron chi connectivity index (χ3n) is 4.63. The Kier molecular flexibility index (Phi) is 9.17. The highest BCUT2D eigenvalue weighted by Gasteiger charge is 2.32. The van der Waals surface area contributed by atoms with Crippen LogP contribution < -0.4 is 0 Å². The molecule has 0 spiro atoms. The number of nitrogens with zero attached hydrogens (tertiary/aromatic N) is 1. The van der Waals surface area contributed by atoms with E-state index in [1.807, 2.05) is 19.9 Å². The summed E-state index contributed by atoms with van der Waals surface area (Å²) in [5, 5.41) is 0. The lowest BCUT2D eigenvalue weighted by atomic mass is 9.81. The maximum absolute atomic E-state index is 12.5. The molecule has 0 saturated heterocycles. The first-order chi connectivity index (χ1) is 12.3. The largest absolute Gasteiger partial charge is 0.455 e. The SMILES string of the molecule is CCN(CC)C(=O)OCC(OC(=O)c1ccccc1)C(C(C)C)C(C)C. The van der Waals surface area contributed by atoms with E-state index in [9.17, 15) is 9.59 Å². The molecule has 1 unspecified atom stereocenters. The number of ether oxygens (including phenoxy) is 2. The fraction of sp³-hybridized carbons (Fsp3) is 0.619. The number of amides is 1. The Labute approximate surface area is 157 Å². The van der Waals surface area contributed by atoms with Crippen molar-refractivity contribution < 1.29 is 19.1 Å². The molecule has 1 aromatic rings. The Morgan fingerprint density at radius 3 is 1.96 bits per heavy atom. The summed E-state index contributed by atoms with van der Waals surface area (Å²) in [4.78, 5) is 26.3. The molecule has 0 heterocycles. The second-order valence-electron chi connectivity index (χ2n) is 7.12. The number of rotatable bonds is 9. The zero-order valence-electron chi connectivity index (χ0n) is 16.9. The van der Waals surface area contributed by atoms with Gasteiger partial charge >= 0.3 is 12.1 Å². The fourth-order valence-electron chi connectivity index (χ4n) is 3.36. The smallest absolute Gasteiger partial charge is 0.409 e. The maximum Gasteiger partial charge on any atom is 0.409 e. The molecule has 26 heavy (non-hydrogen) atoms. The van der Waals surface area contributed by atoms with E-state index in [1.54, 1.807) is 29.2 Å². The minimum atomic E-state index is -0.484. The molecule has 0 N–H and O–H groups in total. The summed E-state index contributed by atoms with van der Waals surface area (Å²) in [6, 6.07) is 8.90. The van der Waals surface area contributed by atoms with E-state index in [0.717, 1.165) is 0 Å². The molecule has 1 amide bonds. The lowest BCUT2D eigenvalue weighted by Crippen LogP contribution is -2.40. The predicted molar refractivity (Wildman–Crippen MR) is 103 cm³/mol. The number of carbonyl (C=O) groups excluding carboxylic acids is 2. The first-order valence-corrected chi connectivity index (χ1v) is 9.49. The standard InChI is InChI=1S/C21H33NO4/c1-7-22(8-2)21(24)25-14-18(19(15(3)4)16(5)6)26-20(23)17-12-10-9-11-13-17/h9-13,15-16,18-19H,7-8,14H2,1-6H3. The van der Waals surface area contributed by atoms with Crippen molar-refractivity contribution in [2.24, 2.45) is 17.8 Å². The van der Waals surface area contributed by atoms with Crippen molar-refractivity contribution >= 4 is 12.1 Å². The quantitative estimate of drug-likeness (QED) is 0.601. The summed E-state index contributed by atoms with van der Waals surface area (Å²) >= 11 is 0. The predicted octanol–water partition coefficient (Wildman–Crippen LogP) is 4.62. The van der Waals surface area contributed by atoms with Gasteiger partial charge in [0.2, 0.25) is 0 Å². The highest BCUT2D eigenvalue weighted by molar-refractivity contribution is 5.89. The summed E-state index contributed by atoms with van der Waals surface area (Å²) in [5.74, 6) is 0.277. The second kappa shape index (κ2) is 10.8. The highest BCUT2D eigenvalue weighted by Crippen LogP contribution is 2.27. The molecular weight excluding hydrogens is 330 g/mol. The van der Waals surface area contributed by atoms with Crippen LogP contribution in [0.3, 0.4) is 0 Å². The van der Waals surface area contributed by atoms with Gasteiger partial charge in [0.15, 0.2) is 0 Å². The highest BCUT2D eigenvalue weighted by atomic mass is 16.6. The average molecular weight is 363 g/mol. The molecule has 0 aliphatic heterocycles. The lowest BCUT2D eigenvalue weighted by Gasteiger charge is -2.33. The molecule has 146 valence electrons. The molecule has 0 aliphatic rings. The third-order valence-corrected chi connectivity index (χ3v) is 4.63. The first kappa shape index (κ1) is 22.0. The van der Waals surface area contributed by atoms with E-state index in [-0.39, 0.29) is 36.4 Å². The zero-order valence-corrected chi connectivity index (χ0v) is 16.9. The van der Waals surface area contributed by atoms with Crippen LogP contribution in [0.2, 0.25) is 0 Å². The molecule has 0 bridgehead atoms. The Bertz CT molecular complexity index is 544. The van der Waals surface area contributed by atoms with Crippen molar-refractivity contribution in [3.05, 3.63) is 35.9 Å². The van der Waals surface area contributed by atoms with Crippen LogP contribution in [-0.2, 0) is 9.47 Å². The van der Waals surface area contributed by atoms with Crippen LogP contribution in [0, 0.1) is 17.8 Å². The van der Waals surface area contributed by atoms with Crippen molar-refractivity contribution in [1.29, 1.82) is 0 Å². The molecule has 5 nitrogen and oxygen atoms in total. The van der Waals surface area contributed by atoms with E-state index in [1.165, 1.54) is 0 Å². The van der Waals surface area contributed by atoms with Gasteiger partial charge < -0.3 is 14.4 Å². The van der Waals surface area contributed by atoms with E-state index in [0.29, 0.717) is 18.7 Å². The van der Waals surface area contributed by atoms with Crippen LogP contribution in [0.25, 0.3) is 0 Å². The van der Waals surface area contributed by atoms with Gasteiger partial charge in [-0.3, -0.25) is 0 Å². The van der Waals surface area contributed by atoms with Crippen molar-refractivity contribution in [3.63, 3.8) is 0 Å². The van der Waals surface area contributed by atoms with Crippen LogP contribution in [0.5, 0.6) is 0 Å². The third kappa shape index (κ3) is 6.36. The summed E-state index contributed by atoms with van der Waals surface area (Å²) in [6.45, 7) is 13.4. The summed E-state index contributed by atoms with van der Waals surface area (Å²) < 4.78 is 11.3. The molecule has 0 saturated carbocycles. The number of hydrogen-bond donors (Lipinski definition) is 0. The van der Waals surface area contributed by atoms with Gasteiger partial charge in [0, 0.05) is 19.0 Å². The second-order valence-corrected chi connectivity index (χ2v) is 7.12. The normalized spacial score (nSPS) is 12.3. The monoisotopic (exact) mass is 363 g/mol. The molecular formula is C21H33NO4. The van der Waals surface area contributed by atoms with Crippen LogP contribution in [0.15, 0.2) is 30.3 Å². The summed E-state index contributed by atoms with van der Waals surface area (Å²) in [7, 11) is 0. The van der Waals surface area contributed by atoms with Crippen LogP contribution in [-0.4, -0.2) is 42.8 Å². The topological polar surface area (TPSA) is 55.8 Å². The number of benzene rings is 1. The molecule has 0 aromatic heterocycles. The molecule has 1 atom stereocenters. The minimum absolute atomic E-state index is 0.0644. The average Bonchev–Trinajstić information content (AvgIpc) is 2.60. The van der Waals surface area contributed by atoms with Gasteiger partial charge in [-0.2, -0.15) is 0 Å². The van der Waals surface area contributed by atoms with Gasteiger partial charge in [-0.25, -0.2) is 9.59 Å². The van der Waals surface area contributed by atoms with Gasteiger partial charge in [0.1, 0.15) is 12.7 Å². The number of hydrogen-bond acceptors (Lipinski definition) is 4. The van der Waals surface area contributed by atoms with Crippen LogP contribution >= 0.6 is 0 Å². The Hall–Kier alpha value is -2.04. The Morgan fingerprint density at radius 1 is 0.962 bits per heavy atom. The summed E-state index contributed by atoms with van der Waals surface area (Å²) in [6.07, 6.45) is -0.857. The summed E-state index contributed by atoms with van der Waals surface area (Å²) in [5.41, 5.74) is 0.499. The van der Waals surface area contributed by atoms with E-state index < -0.39 is 6.10 Å². The molecule has 0 aliphatic carbocycles. The fourth-order valence-corrected chi connectivity index (χ4v) is 3.36. The zero-order chi connectivity index (χ0) is 19.7. The van der Waals surface area contributed by atoms with Crippen LogP contribution in [0.1, 0.15) is 51.9 Å². The van der Waals surface area contributed by atoms with E-state index >= 15 is 0 Å². The lowest BCUT2D eigenvalue weighted by molar-refractivity contribution is -0.0343. The van der Waals surface area contributed by atoms with Crippen LogP contribution in [0.4, 0.5) is 4.79 Å². The number of carbonyl (C=O) groups is 2. The molecule has 1 rings (SSSR count). The number of esters is 1. The van der Waals surface area contributed by atoms with Gasteiger partial charge in [-0.05, 0) is 37.8 Å². The minimum Gasteiger partial charge on any atom is -0.455 e. The van der Waals surface area contributed by atoms with Crippen molar-refractivity contribution in [3.8, 4) is 0 Å². The van der Waals surface area contributed by atoms with Crippen molar-refractivity contribution in [1.82, 2.24) is 4.90 Å². The van der Waals surface area contributed by atoms with E-state index in [4.69, 9.17) is 9.47 Å². The van der Waals surface area contributed by atoms with Gasteiger partial charge in [-0.1, -0.05) is 45.9 Å². The molecule has 0 radical (unpaired) electrons. The maximum atomic E-state index is 12.5. The van der Waals surface area contributed by atoms with Gasteiger partial charge in [0.25, 0.3) is 0 Å². The Balaban J connectivity index is 2.91. The Morgan fingerprint density at radius 2 is 1.50 bits per heavy atom. The van der Waals surface area contributed by atoms with Crippen molar-refractivity contribution in [2.45, 2.75) is 47.6 Å². The van der Waals surface area contributed by atoms with Gasteiger partial charge in [-0.15, -0.1) is 0 Å². The molecule has 1 aromatic carbocycles. The molecule has 0 fully saturated rings. The van der Waals surface area contributed by atoms with Crippen molar-refractivity contribution in [2.75, 3.05) is 19.7 Å².